The van der Waals surface area contributed by atoms with Gasteiger partial charge >= 0.3 is 0 Å². The molecule has 0 aliphatic carbocycles. The van der Waals surface area contributed by atoms with E-state index in [1.54, 1.807) is 24.3 Å². The Morgan fingerprint density at radius 1 is 1.26 bits per heavy atom. The fraction of sp³-hybridized carbons (Fsp3) is 0.143. The van der Waals surface area contributed by atoms with Gasteiger partial charge in [-0.25, -0.2) is 0 Å². The van der Waals surface area contributed by atoms with Crippen LogP contribution in [0.3, 0.4) is 0 Å². The first-order chi connectivity index (χ1) is 9.08. The van der Waals surface area contributed by atoms with Gasteiger partial charge in [-0.3, -0.25) is 14.5 Å². The predicted molar refractivity (Wildman–Crippen MR) is 77.0 cm³/mol. The molecular weight excluding hydrogens is 260 g/mol. The predicted octanol–water partition coefficient (Wildman–Crippen LogP) is 2.45. The van der Waals surface area contributed by atoms with Crippen LogP contribution in [-0.4, -0.2) is 11.8 Å². The summed E-state index contributed by atoms with van der Waals surface area (Å²) in [6.07, 6.45) is 0.214. The van der Waals surface area contributed by atoms with E-state index in [9.17, 15) is 9.59 Å². The van der Waals surface area contributed by atoms with Gasteiger partial charge in [0.05, 0.1) is 12.1 Å². The second-order valence-corrected chi connectivity index (χ2v) is 5.13. The van der Waals surface area contributed by atoms with Crippen LogP contribution >= 0.6 is 11.3 Å². The number of amides is 2. The lowest BCUT2D eigenvalue weighted by Crippen LogP contribution is -2.36. The van der Waals surface area contributed by atoms with Gasteiger partial charge in [0.1, 0.15) is 0 Å². The van der Waals surface area contributed by atoms with E-state index in [1.807, 2.05) is 17.5 Å². The molecule has 4 nitrogen and oxygen atoms in total. The van der Waals surface area contributed by atoms with Gasteiger partial charge in [0, 0.05) is 17.5 Å². The molecule has 5 heteroatoms. The van der Waals surface area contributed by atoms with Gasteiger partial charge in [-0.05, 0) is 29.6 Å². The Bertz CT molecular complexity index is 593. The molecule has 2 aromatic rings. The average Bonchev–Trinajstić information content (AvgIpc) is 2.81. The molecule has 0 unspecified atom stereocenters. The molecule has 0 saturated heterocycles. The van der Waals surface area contributed by atoms with Crippen LogP contribution in [0.5, 0.6) is 0 Å². The summed E-state index contributed by atoms with van der Waals surface area (Å²) < 4.78 is 0. The Balaban J connectivity index is 2.25. The highest BCUT2D eigenvalue weighted by Crippen LogP contribution is 2.20. The van der Waals surface area contributed by atoms with Crippen molar-refractivity contribution in [2.24, 2.45) is 0 Å². The number of anilines is 2. The number of rotatable bonds is 3. The third-order valence-electron chi connectivity index (χ3n) is 2.60. The van der Waals surface area contributed by atoms with E-state index >= 15 is 0 Å². The molecule has 98 valence electrons. The molecule has 0 aliphatic rings. The Labute approximate surface area is 115 Å². The summed E-state index contributed by atoms with van der Waals surface area (Å²) in [4.78, 5) is 26.0. The standard InChI is InChI=1S/C14H14N2O2S/c1-10(17)16(12-5-2-4-11(15)8-12)14(18)9-13-6-3-7-19-13/h2-8H,9,15H2,1H3. The third-order valence-corrected chi connectivity index (χ3v) is 3.47. The molecule has 0 fully saturated rings. The van der Waals surface area contributed by atoms with Gasteiger partial charge < -0.3 is 5.73 Å². The minimum Gasteiger partial charge on any atom is -0.399 e. The fourth-order valence-electron chi connectivity index (χ4n) is 1.81. The highest BCUT2D eigenvalue weighted by Gasteiger charge is 2.20. The highest BCUT2D eigenvalue weighted by atomic mass is 32.1. The van der Waals surface area contributed by atoms with Crippen LogP contribution in [0.4, 0.5) is 11.4 Å². The number of hydrogen-bond donors (Lipinski definition) is 1. The second-order valence-electron chi connectivity index (χ2n) is 4.10. The van der Waals surface area contributed by atoms with Crippen LogP contribution in [0, 0.1) is 0 Å². The first-order valence-electron chi connectivity index (χ1n) is 5.79. The molecule has 0 saturated carbocycles. The van der Waals surface area contributed by atoms with Crippen LogP contribution < -0.4 is 10.6 Å². The molecule has 0 spiro atoms. The van der Waals surface area contributed by atoms with Gasteiger partial charge in [-0.15, -0.1) is 11.3 Å². The van der Waals surface area contributed by atoms with Crippen LogP contribution in [0.1, 0.15) is 11.8 Å². The molecule has 1 heterocycles. The zero-order chi connectivity index (χ0) is 13.8. The summed E-state index contributed by atoms with van der Waals surface area (Å²) >= 11 is 1.50. The third kappa shape index (κ3) is 3.20. The average molecular weight is 274 g/mol. The zero-order valence-corrected chi connectivity index (χ0v) is 11.3. The molecular formula is C14H14N2O2S. The lowest BCUT2D eigenvalue weighted by molar-refractivity contribution is -0.125. The Kier molecular flexibility index (Phi) is 3.97. The lowest BCUT2D eigenvalue weighted by atomic mass is 10.2. The molecule has 19 heavy (non-hydrogen) atoms. The molecule has 0 radical (unpaired) electrons. The van der Waals surface area contributed by atoms with Crippen LogP contribution in [-0.2, 0) is 16.0 Å². The van der Waals surface area contributed by atoms with Crippen molar-refractivity contribution in [3.8, 4) is 0 Å². The summed E-state index contributed by atoms with van der Waals surface area (Å²) in [6, 6.07) is 10.5. The van der Waals surface area contributed by atoms with Gasteiger partial charge in [0.15, 0.2) is 0 Å². The normalized spacial score (nSPS) is 10.2. The molecule has 0 aliphatic heterocycles. The minimum absolute atomic E-state index is 0.214. The zero-order valence-electron chi connectivity index (χ0n) is 10.5. The van der Waals surface area contributed by atoms with E-state index in [2.05, 4.69) is 0 Å². The van der Waals surface area contributed by atoms with Crippen LogP contribution in [0.25, 0.3) is 0 Å². The second kappa shape index (κ2) is 5.67. The largest absolute Gasteiger partial charge is 0.399 e. The van der Waals surface area contributed by atoms with Crippen molar-refractivity contribution >= 4 is 34.5 Å². The maximum absolute atomic E-state index is 12.2. The molecule has 2 N–H and O–H groups in total. The topological polar surface area (TPSA) is 63.4 Å². The van der Waals surface area contributed by atoms with Crippen LogP contribution in [0.15, 0.2) is 41.8 Å². The highest BCUT2D eigenvalue weighted by molar-refractivity contribution is 7.10. The first-order valence-corrected chi connectivity index (χ1v) is 6.67. The molecule has 1 aromatic carbocycles. The quantitative estimate of drug-likeness (QED) is 0.874. The minimum atomic E-state index is -0.313. The SMILES string of the molecule is CC(=O)N(C(=O)Cc1cccs1)c1cccc(N)c1. The van der Waals surface area contributed by atoms with Crippen molar-refractivity contribution in [3.05, 3.63) is 46.7 Å². The number of carbonyl (C=O) groups is 2. The molecule has 2 rings (SSSR count). The van der Waals surface area contributed by atoms with Gasteiger partial charge in [0.25, 0.3) is 0 Å². The van der Waals surface area contributed by atoms with E-state index in [0.717, 1.165) is 9.78 Å². The molecule has 0 atom stereocenters. The number of hydrogen-bond acceptors (Lipinski definition) is 4. The van der Waals surface area contributed by atoms with Crippen molar-refractivity contribution in [3.63, 3.8) is 0 Å². The number of carbonyl (C=O) groups excluding carboxylic acids is 2. The lowest BCUT2D eigenvalue weighted by Gasteiger charge is -2.19. The number of imide groups is 1. The Hall–Kier alpha value is -2.14. The number of benzene rings is 1. The summed E-state index contributed by atoms with van der Waals surface area (Å²) in [5.74, 6) is -0.562. The van der Waals surface area contributed by atoms with Crippen molar-refractivity contribution < 1.29 is 9.59 Å². The van der Waals surface area contributed by atoms with Gasteiger partial charge in [0.2, 0.25) is 11.8 Å². The molecule has 1 aromatic heterocycles. The number of thiophene rings is 1. The Morgan fingerprint density at radius 2 is 2.05 bits per heavy atom. The van der Waals surface area contributed by atoms with Crippen molar-refractivity contribution in [2.75, 3.05) is 10.6 Å². The van der Waals surface area contributed by atoms with Crippen LogP contribution in [0.2, 0.25) is 0 Å². The molecule has 2 amide bonds. The number of nitrogens with zero attached hydrogens (tertiary/aromatic N) is 1. The number of nitrogen functional groups attached to an aromatic ring is 1. The fourth-order valence-corrected chi connectivity index (χ4v) is 2.50. The van der Waals surface area contributed by atoms with Crippen molar-refractivity contribution in [1.29, 1.82) is 0 Å². The van der Waals surface area contributed by atoms with E-state index in [-0.39, 0.29) is 18.2 Å². The van der Waals surface area contributed by atoms with E-state index in [1.165, 1.54) is 18.3 Å². The summed E-state index contributed by atoms with van der Waals surface area (Å²) in [5, 5.41) is 1.90. The smallest absolute Gasteiger partial charge is 0.239 e. The maximum atomic E-state index is 12.2. The van der Waals surface area contributed by atoms with Crippen molar-refractivity contribution in [2.45, 2.75) is 13.3 Å². The number of nitrogens with two attached hydrogens (primary N) is 1. The van der Waals surface area contributed by atoms with E-state index in [4.69, 9.17) is 5.73 Å². The van der Waals surface area contributed by atoms with E-state index in [0.29, 0.717) is 11.4 Å². The van der Waals surface area contributed by atoms with Gasteiger partial charge in [-0.1, -0.05) is 12.1 Å². The first kappa shape index (κ1) is 13.3. The summed E-state index contributed by atoms with van der Waals surface area (Å²) in [7, 11) is 0. The van der Waals surface area contributed by atoms with E-state index < -0.39 is 0 Å². The Morgan fingerprint density at radius 3 is 2.63 bits per heavy atom. The summed E-state index contributed by atoms with van der Waals surface area (Å²) in [6.45, 7) is 1.37. The van der Waals surface area contributed by atoms with Crippen molar-refractivity contribution in [1.82, 2.24) is 0 Å². The maximum Gasteiger partial charge on any atom is 0.239 e. The van der Waals surface area contributed by atoms with Gasteiger partial charge in [-0.2, -0.15) is 0 Å². The monoisotopic (exact) mass is 274 g/mol. The summed E-state index contributed by atoms with van der Waals surface area (Å²) in [5.41, 5.74) is 6.71. The molecule has 0 bridgehead atoms.